The van der Waals surface area contributed by atoms with Crippen molar-refractivity contribution in [2.75, 3.05) is 26.1 Å². The first kappa shape index (κ1) is 15.0. The molecule has 0 bridgehead atoms. The van der Waals surface area contributed by atoms with Gasteiger partial charge in [-0.25, -0.2) is 0 Å². The van der Waals surface area contributed by atoms with Crippen molar-refractivity contribution in [3.8, 4) is 17.2 Å². The fourth-order valence-corrected chi connectivity index (χ4v) is 1.93. The van der Waals surface area contributed by atoms with Crippen LogP contribution in [-0.2, 0) is 0 Å². The van der Waals surface area contributed by atoms with Gasteiger partial charge in [-0.1, -0.05) is 18.2 Å². The molecule has 4 heteroatoms. The van der Waals surface area contributed by atoms with Crippen LogP contribution < -0.4 is 19.9 Å². The fraction of sp³-hybridized carbons (Fsp3) is 0.294. The van der Waals surface area contributed by atoms with Crippen LogP contribution in [0, 0.1) is 6.92 Å². The van der Waals surface area contributed by atoms with E-state index in [1.54, 1.807) is 7.11 Å². The molecule has 112 valence electrons. The minimum Gasteiger partial charge on any atom is -0.493 e. The van der Waals surface area contributed by atoms with E-state index >= 15 is 0 Å². The molecule has 0 amide bonds. The third kappa shape index (κ3) is 4.31. The van der Waals surface area contributed by atoms with Gasteiger partial charge in [0.25, 0.3) is 0 Å². The van der Waals surface area contributed by atoms with E-state index in [1.807, 2.05) is 49.4 Å². The maximum absolute atomic E-state index is 5.81. The van der Waals surface area contributed by atoms with Gasteiger partial charge in [0.2, 0.25) is 0 Å². The molecular formula is C17H21NO3. The van der Waals surface area contributed by atoms with Crippen LogP contribution in [0.3, 0.4) is 0 Å². The number of nitrogen functional groups attached to an aromatic ring is 1. The van der Waals surface area contributed by atoms with Gasteiger partial charge < -0.3 is 19.9 Å². The van der Waals surface area contributed by atoms with Crippen LogP contribution >= 0.6 is 0 Å². The topological polar surface area (TPSA) is 53.7 Å². The number of methoxy groups -OCH3 is 1. The molecule has 2 aromatic carbocycles. The number of anilines is 1. The zero-order valence-electron chi connectivity index (χ0n) is 12.5. The van der Waals surface area contributed by atoms with Crippen molar-refractivity contribution in [3.05, 3.63) is 48.0 Å². The predicted molar refractivity (Wildman–Crippen MR) is 84.2 cm³/mol. The van der Waals surface area contributed by atoms with Gasteiger partial charge in [0.1, 0.15) is 5.75 Å². The van der Waals surface area contributed by atoms with Crippen molar-refractivity contribution in [1.29, 1.82) is 0 Å². The Morgan fingerprint density at radius 3 is 2.33 bits per heavy atom. The molecule has 0 saturated carbocycles. The van der Waals surface area contributed by atoms with Gasteiger partial charge in [-0.15, -0.1) is 0 Å². The molecule has 2 rings (SSSR count). The molecule has 0 aliphatic heterocycles. The molecule has 0 heterocycles. The van der Waals surface area contributed by atoms with Gasteiger partial charge in [0.15, 0.2) is 11.5 Å². The molecular weight excluding hydrogens is 266 g/mol. The van der Waals surface area contributed by atoms with E-state index in [9.17, 15) is 0 Å². The van der Waals surface area contributed by atoms with Crippen molar-refractivity contribution in [2.24, 2.45) is 0 Å². The number of benzene rings is 2. The average molecular weight is 287 g/mol. The normalized spacial score (nSPS) is 10.2. The number of hydrogen-bond donors (Lipinski definition) is 1. The lowest BCUT2D eigenvalue weighted by atomic mass is 10.2. The first-order chi connectivity index (χ1) is 10.2. The van der Waals surface area contributed by atoms with Gasteiger partial charge in [-0.05, 0) is 36.8 Å². The van der Waals surface area contributed by atoms with Crippen LogP contribution in [-0.4, -0.2) is 20.3 Å². The Bertz CT molecular complexity index is 584. The third-order valence-electron chi connectivity index (χ3n) is 3.04. The van der Waals surface area contributed by atoms with Crippen LogP contribution in [0.1, 0.15) is 12.0 Å². The summed E-state index contributed by atoms with van der Waals surface area (Å²) in [6.45, 7) is 3.14. The van der Waals surface area contributed by atoms with E-state index < -0.39 is 0 Å². The number of nitrogens with two attached hydrogens (primary N) is 1. The van der Waals surface area contributed by atoms with Crippen LogP contribution in [0.25, 0.3) is 0 Å². The quantitative estimate of drug-likeness (QED) is 0.626. The maximum atomic E-state index is 5.81. The second kappa shape index (κ2) is 7.43. The Morgan fingerprint density at radius 1 is 0.905 bits per heavy atom. The summed E-state index contributed by atoms with van der Waals surface area (Å²) in [7, 11) is 1.64. The van der Waals surface area contributed by atoms with Crippen molar-refractivity contribution in [3.63, 3.8) is 0 Å². The van der Waals surface area contributed by atoms with Crippen LogP contribution in [0.5, 0.6) is 17.2 Å². The predicted octanol–water partition coefficient (Wildman–Crippen LogP) is 3.43. The smallest absolute Gasteiger partial charge is 0.161 e. The highest BCUT2D eigenvalue weighted by atomic mass is 16.5. The van der Waals surface area contributed by atoms with Gasteiger partial charge in [-0.3, -0.25) is 0 Å². The Morgan fingerprint density at radius 2 is 1.62 bits per heavy atom. The molecule has 0 unspecified atom stereocenters. The zero-order valence-corrected chi connectivity index (χ0v) is 12.5. The molecule has 0 aromatic heterocycles. The number of ether oxygens (including phenoxy) is 3. The van der Waals surface area contributed by atoms with Crippen molar-refractivity contribution >= 4 is 5.69 Å². The second-order valence-electron chi connectivity index (χ2n) is 4.74. The van der Waals surface area contributed by atoms with E-state index in [1.165, 1.54) is 0 Å². The summed E-state index contributed by atoms with van der Waals surface area (Å²) in [5, 5.41) is 0. The summed E-state index contributed by atoms with van der Waals surface area (Å²) in [4.78, 5) is 0. The van der Waals surface area contributed by atoms with E-state index in [-0.39, 0.29) is 0 Å². The van der Waals surface area contributed by atoms with Crippen molar-refractivity contribution < 1.29 is 14.2 Å². The molecule has 0 radical (unpaired) electrons. The molecule has 0 atom stereocenters. The minimum atomic E-state index is 0.558. The number of aryl methyl sites for hydroxylation is 1. The largest absolute Gasteiger partial charge is 0.493 e. The highest BCUT2D eigenvalue weighted by molar-refractivity contribution is 5.51. The fourth-order valence-electron chi connectivity index (χ4n) is 1.93. The summed E-state index contributed by atoms with van der Waals surface area (Å²) < 4.78 is 16.6. The molecule has 2 aromatic rings. The lowest BCUT2D eigenvalue weighted by molar-refractivity contribution is 0.241. The molecule has 21 heavy (non-hydrogen) atoms. The number of hydrogen-bond acceptors (Lipinski definition) is 4. The molecule has 0 aliphatic carbocycles. The first-order valence-electron chi connectivity index (χ1n) is 6.95. The highest BCUT2D eigenvalue weighted by Crippen LogP contribution is 2.27. The average Bonchev–Trinajstić information content (AvgIpc) is 2.50. The standard InChI is InChI=1S/C17H21NO3/c1-13-8-9-16(17(12-13)19-2)21-11-5-10-20-15-7-4-3-6-14(15)18/h3-4,6-9,12H,5,10-11,18H2,1-2H3. The van der Waals surface area contributed by atoms with Crippen LogP contribution in [0.2, 0.25) is 0 Å². The Hall–Kier alpha value is -2.36. The monoisotopic (exact) mass is 287 g/mol. The summed E-state index contributed by atoms with van der Waals surface area (Å²) in [6.07, 6.45) is 0.769. The van der Waals surface area contributed by atoms with Crippen LogP contribution in [0.15, 0.2) is 42.5 Å². The van der Waals surface area contributed by atoms with Gasteiger partial charge in [-0.2, -0.15) is 0 Å². The van der Waals surface area contributed by atoms with E-state index in [2.05, 4.69) is 0 Å². The first-order valence-corrected chi connectivity index (χ1v) is 6.95. The minimum absolute atomic E-state index is 0.558. The van der Waals surface area contributed by atoms with E-state index in [0.29, 0.717) is 24.7 Å². The lowest BCUT2D eigenvalue weighted by Gasteiger charge is -2.12. The zero-order chi connectivity index (χ0) is 15.1. The van der Waals surface area contributed by atoms with E-state index in [4.69, 9.17) is 19.9 Å². The second-order valence-corrected chi connectivity index (χ2v) is 4.74. The molecule has 0 spiro atoms. The Kier molecular flexibility index (Phi) is 5.32. The van der Waals surface area contributed by atoms with Crippen molar-refractivity contribution in [2.45, 2.75) is 13.3 Å². The molecule has 0 aliphatic rings. The number of rotatable bonds is 7. The SMILES string of the molecule is COc1cc(C)ccc1OCCCOc1ccccc1N. The summed E-state index contributed by atoms with van der Waals surface area (Å²) in [6, 6.07) is 13.3. The molecule has 0 fully saturated rings. The lowest BCUT2D eigenvalue weighted by Crippen LogP contribution is -2.06. The third-order valence-corrected chi connectivity index (χ3v) is 3.04. The maximum Gasteiger partial charge on any atom is 0.161 e. The van der Waals surface area contributed by atoms with Gasteiger partial charge >= 0.3 is 0 Å². The van der Waals surface area contributed by atoms with E-state index in [0.717, 1.165) is 23.5 Å². The van der Waals surface area contributed by atoms with Crippen molar-refractivity contribution in [1.82, 2.24) is 0 Å². The van der Waals surface area contributed by atoms with Gasteiger partial charge in [0.05, 0.1) is 26.0 Å². The molecule has 4 nitrogen and oxygen atoms in total. The summed E-state index contributed by atoms with van der Waals surface area (Å²) in [5.41, 5.74) is 7.60. The molecule has 0 saturated heterocycles. The van der Waals surface area contributed by atoms with Crippen LogP contribution in [0.4, 0.5) is 5.69 Å². The summed E-state index contributed by atoms with van der Waals surface area (Å²) >= 11 is 0. The Labute approximate surface area is 125 Å². The van der Waals surface area contributed by atoms with Gasteiger partial charge in [0, 0.05) is 6.42 Å². The number of para-hydroxylation sites is 2. The summed E-state index contributed by atoms with van der Waals surface area (Å²) in [5.74, 6) is 2.22. The highest BCUT2D eigenvalue weighted by Gasteiger charge is 2.04. The molecule has 2 N–H and O–H groups in total. The Balaban J connectivity index is 1.76.